The molecule has 0 aliphatic heterocycles. The molecule has 0 aromatic rings. The molecular weight excluding hydrogens is 266 g/mol. The number of rotatable bonds is 7. The lowest BCUT2D eigenvalue weighted by molar-refractivity contribution is -0.146. The summed E-state index contributed by atoms with van der Waals surface area (Å²) in [7, 11) is 0. The lowest BCUT2D eigenvalue weighted by Crippen LogP contribution is -2.39. The van der Waals surface area contributed by atoms with Crippen molar-refractivity contribution in [3.8, 4) is 0 Å². The van der Waals surface area contributed by atoms with Crippen LogP contribution in [0.2, 0.25) is 0 Å². The number of carboxylic acids is 1. The zero-order valence-corrected chi connectivity index (χ0v) is 14.1. The number of hydrogen-bond acceptors (Lipinski definition) is 2. The molecule has 1 amide bonds. The van der Waals surface area contributed by atoms with Crippen molar-refractivity contribution in [2.24, 2.45) is 35.5 Å². The molecule has 122 valence electrons. The van der Waals surface area contributed by atoms with Gasteiger partial charge in [-0.1, -0.05) is 41.0 Å². The molecule has 21 heavy (non-hydrogen) atoms. The van der Waals surface area contributed by atoms with Crippen LogP contribution >= 0.6 is 0 Å². The zero-order chi connectivity index (χ0) is 16.2. The summed E-state index contributed by atoms with van der Waals surface area (Å²) in [4.78, 5) is 23.7. The number of carbonyl (C=O) groups is 2. The van der Waals surface area contributed by atoms with E-state index in [4.69, 9.17) is 0 Å². The molecule has 1 saturated carbocycles. The minimum Gasteiger partial charge on any atom is -0.481 e. The molecule has 1 aliphatic carbocycles. The van der Waals surface area contributed by atoms with Gasteiger partial charge in [-0.25, -0.2) is 0 Å². The van der Waals surface area contributed by atoms with Crippen LogP contribution in [-0.4, -0.2) is 23.5 Å². The number of nitrogens with one attached hydrogen (secondary N) is 1. The molecule has 0 aromatic carbocycles. The lowest BCUT2D eigenvalue weighted by Gasteiger charge is -2.26. The second-order valence-electron chi connectivity index (χ2n) is 7.19. The average molecular weight is 297 g/mol. The quantitative estimate of drug-likeness (QED) is 0.758. The van der Waals surface area contributed by atoms with E-state index in [1.807, 2.05) is 0 Å². The summed E-state index contributed by atoms with van der Waals surface area (Å²) in [5.74, 6) is 0.0625. The Labute approximate surface area is 128 Å². The molecule has 1 rings (SSSR count). The smallest absolute Gasteiger partial charge is 0.307 e. The van der Waals surface area contributed by atoms with E-state index in [2.05, 4.69) is 39.9 Å². The van der Waals surface area contributed by atoms with Crippen LogP contribution in [0.5, 0.6) is 0 Å². The highest BCUT2D eigenvalue weighted by atomic mass is 16.4. The molecule has 0 spiro atoms. The molecule has 1 fully saturated rings. The van der Waals surface area contributed by atoms with E-state index in [0.717, 1.165) is 6.42 Å². The fraction of sp³-hybridized carbons (Fsp3) is 0.882. The van der Waals surface area contributed by atoms with E-state index >= 15 is 0 Å². The predicted octanol–water partition coefficient (Wildman–Crippen LogP) is 3.17. The first kappa shape index (κ1) is 18.0. The third-order valence-corrected chi connectivity index (χ3v) is 5.12. The number of carboxylic acid groups (broad SMARTS) is 1. The fourth-order valence-corrected chi connectivity index (χ4v) is 3.63. The largest absolute Gasteiger partial charge is 0.481 e. The van der Waals surface area contributed by atoms with Crippen molar-refractivity contribution >= 4 is 11.9 Å². The SMILES string of the molecule is CCC1CC(C(=O)O)C(C(=O)NCC(C(C)C)C(C)C)C1. The van der Waals surface area contributed by atoms with Crippen molar-refractivity contribution in [1.29, 1.82) is 0 Å². The number of carbonyl (C=O) groups excluding carboxylic acids is 1. The first-order chi connectivity index (χ1) is 9.77. The van der Waals surface area contributed by atoms with Crippen molar-refractivity contribution in [3.63, 3.8) is 0 Å². The van der Waals surface area contributed by atoms with Crippen LogP contribution < -0.4 is 5.32 Å². The van der Waals surface area contributed by atoms with Gasteiger partial charge in [0.05, 0.1) is 11.8 Å². The highest BCUT2D eigenvalue weighted by Gasteiger charge is 2.42. The Hall–Kier alpha value is -1.06. The van der Waals surface area contributed by atoms with Crippen LogP contribution in [0.4, 0.5) is 0 Å². The van der Waals surface area contributed by atoms with Gasteiger partial charge >= 0.3 is 5.97 Å². The second kappa shape index (κ2) is 7.81. The van der Waals surface area contributed by atoms with Crippen molar-refractivity contribution in [2.75, 3.05) is 6.54 Å². The molecule has 3 unspecified atom stereocenters. The Morgan fingerprint density at radius 2 is 1.62 bits per heavy atom. The summed E-state index contributed by atoms with van der Waals surface area (Å²) in [6.07, 6.45) is 2.31. The van der Waals surface area contributed by atoms with Gasteiger partial charge in [-0.3, -0.25) is 9.59 Å². The van der Waals surface area contributed by atoms with Gasteiger partial charge < -0.3 is 10.4 Å². The molecule has 4 nitrogen and oxygen atoms in total. The molecular formula is C17H31NO3. The minimum atomic E-state index is -0.824. The van der Waals surface area contributed by atoms with Crippen molar-refractivity contribution < 1.29 is 14.7 Å². The minimum absolute atomic E-state index is 0.0651. The molecule has 0 radical (unpaired) electrons. The molecule has 2 N–H and O–H groups in total. The zero-order valence-electron chi connectivity index (χ0n) is 14.1. The highest BCUT2D eigenvalue weighted by Crippen LogP contribution is 2.38. The monoisotopic (exact) mass is 297 g/mol. The summed E-state index contributed by atoms with van der Waals surface area (Å²) < 4.78 is 0. The van der Waals surface area contributed by atoms with Gasteiger partial charge in [-0.2, -0.15) is 0 Å². The maximum atomic E-state index is 12.4. The van der Waals surface area contributed by atoms with Gasteiger partial charge in [0.15, 0.2) is 0 Å². The van der Waals surface area contributed by atoms with Gasteiger partial charge in [0.1, 0.15) is 0 Å². The summed E-state index contributed by atoms with van der Waals surface area (Å²) >= 11 is 0. The van der Waals surface area contributed by atoms with Gasteiger partial charge in [0.2, 0.25) is 5.91 Å². The second-order valence-corrected chi connectivity index (χ2v) is 7.19. The Bertz CT molecular complexity index is 357. The first-order valence-corrected chi connectivity index (χ1v) is 8.28. The predicted molar refractivity (Wildman–Crippen MR) is 83.8 cm³/mol. The van der Waals surface area contributed by atoms with Crippen LogP contribution in [0.1, 0.15) is 53.9 Å². The lowest BCUT2D eigenvalue weighted by atomic mass is 9.85. The van der Waals surface area contributed by atoms with E-state index in [0.29, 0.717) is 43.1 Å². The molecule has 0 saturated heterocycles. The van der Waals surface area contributed by atoms with Crippen molar-refractivity contribution in [3.05, 3.63) is 0 Å². The van der Waals surface area contributed by atoms with Crippen LogP contribution in [0.3, 0.4) is 0 Å². The van der Waals surface area contributed by atoms with Crippen LogP contribution in [0, 0.1) is 35.5 Å². The third kappa shape index (κ3) is 4.72. The number of aliphatic carboxylic acids is 1. The van der Waals surface area contributed by atoms with Gasteiger partial charge in [-0.15, -0.1) is 0 Å². The molecule has 4 heteroatoms. The maximum Gasteiger partial charge on any atom is 0.307 e. The molecule has 0 aromatic heterocycles. The van der Waals surface area contributed by atoms with Gasteiger partial charge in [0, 0.05) is 6.54 Å². The van der Waals surface area contributed by atoms with Crippen LogP contribution in [0.15, 0.2) is 0 Å². The molecule has 3 atom stereocenters. The number of amides is 1. The van der Waals surface area contributed by atoms with Gasteiger partial charge in [0.25, 0.3) is 0 Å². The summed E-state index contributed by atoms with van der Waals surface area (Å²) in [5.41, 5.74) is 0. The summed E-state index contributed by atoms with van der Waals surface area (Å²) in [6, 6.07) is 0. The van der Waals surface area contributed by atoms with E-state index in [9.17, 15) is 14.7 Å². The molecule has 0 bridgehead atoms. The van der Waals surface area contributed by atoms with E-state index in [1.165, 1.54) is 0 Å². The van der Waals surface area contributed by atoms with Crippen LogP contribution in [-0.2, 0) is 9.59 Å². The van der Waals surface area contributed by atoms with Gasteiger partial charge in [-0.05, 0) is 36.5 Å². The summed E-state index contributed by atoms with van der Waals surface area (Å²) in [5, 5.41) is 12.3. The maximum absolute atomic E-state index is 12.4. The number of hydrogen-bond donors (Lipinski definition) is 2. The van der Waals surface area contributed by atoms with Crippen molar-refractivity contribution in [1.82, 2.24) is 5.32 Å². The Balaban J connectivity index is 2.63. The third-order valence-electron chi connectivity index (χ3n) is 5.12. The summed E-state index contributed by atoms with van der Waals surface area (Å²) in [6.45, 7) is 11.4. The Kier molecular flexibility index (Phi) is 6.69. The Morgan fingerprint density at radius 3 is 2.05 bits per heavy atom. The average Bonchev–Trinajstić information content (AvgIpc) is 2.82. The standard InChI is InChI=1S/C17H31NO3/c1-6-12-7-13(14(8-12)17(20)21)16(19)18-9-15(10(2)3)11(4)5/h10-15H,6-9H2,1-5H3,(H,18,19)(H,20,21). The van der Waals surface area contributed by atoms with E-state index in [1.54, 1.807) is 0 Å². The van der Waals surface area contributed by atoms with E-state index in [-0.39, 0.29) is 11.8 Å². The van der Waals surface area contributed by atoms with Crippen molar-refractivity contribution in [2.45, 2.75) is 53.9 Å². The highest BCUT2D eigenvalue weighted by molar-refractivity contribution is 5.85. The molecule has 1 aliphatic rings. The normalized spacial score (nSPS) is 25.8. The molecule has 0 heterocycles. The fourth-order valence-electron chi connectivity index (χ4n) is 3.63. The topological polar surface area (TPSA) is 66.4 Å². The Morgan fingerprint density at radius 1 is 1.10 bits per heavy atom. The first-order valence-electron chi connectivity index (χ1n) is 8.28. The van der Waals surface area contributed by atoms with E-state index < -0.39 is 11.9 Å². The van der Waals surface area contributed by atoms with Crippen LogP contribution in [0.25, 0.3) is 0 Å².